The highest BCUT2D eigenvalue weighted by atomic mass is 35.7. The van der Waals surface area contributed by atoms with Gasteiger partial charge in [0.1, 0.15) is 0 Å². The van der Waals surface area contributed by atoms with Crippen molar-refractivity contribution in [1.82, 2.24) is 0 Å². The minimum Gasteiger partial charge on any atom is -0.222 e. The summed E-state index contributed by atoms with van der Waals surface area (Å²) >= 11 is 1.88. The van der Waals surface area contributed by atoms with Gasteiger partial charge in [-0.2, -0.15) is 0 Å². The first kappa shape index (κ1) is 19.6. The number of hydrogen-bond donors (Lipinski definition) is 0. The summed E-state index contributed by atoms with van der Waals surface area (Å²) in [6.07, 6.45) is 0. The molecule has 0 aliphatic heterocycles. The first-order chi connectivity index (χ1) is 12.7. The second kappa shape index (κ2) is 7.86. The quantitative estimate of drug-likeness (QED) is 0.360. The van der Waals surface area contributed by atoms with Crippen LogP contribution in [0.2, 0.25) is 0 Å². The second-order valence-electron chi connectivity index (χ2n) is 6.22. The highest BCUT2D eigenvalue weighted by Crippen LogP contribution is 2.39. The Bertz CT molecular complexity index is 1030. The summed E-state index contributed by atoms with van der Waals surface area (Å²) in [5, 5.41) is 2.71. The van der Waals surface area contributed by atoms with Crippen molar-refractivity contribution in [3.63, 3.8) is 0 Å². The summed E-state index contributed by atoms with van der Waals surface area (Å²) < 4.78 is 36.7. The summed E-state index contributed by atoms with van der Waals surface area (Å²) in [6.45, 7) is 4.33. The molecule has 6 heteroatoms. The smallest absolute Gasteiger partial charge is 0.222 e. The number of aryl methyl sites for hydroxylation is 2. The van der Waals surface area contributed by atoms with Crippen molar-refractivity contribution in [2.45, 2.75) is 13.8 Å². The lowest BCUT2D eigenvalue weighted by Gasteiger charge is -2.17. The topological polar surface area (TPSA) is 92.2 Å². The fourth-order valence-electron chi connectivity index (χ4n) is 3.04. The highest BCUT2D eigenvalue weighted by Gasteiger charge is 2.18. The molecule has 0 saturated carbocycles. The van der Waals surface area contributed by atoms with E-state index in [-0.39, 0.29) is 0 Å². The van der Waals surface area contributed by atoms with E-state index in [4.69, 9.17) is 18.6 Å². The van der Waals surface area contributed by atoms with Gasteiger partial charge in [-0.1, -0.05) is 53.6 Å². The minimum atomic E-state index is -4.94. The Labute approximate surface area is 163 Å². The van der Waals surface area contributed by atoms with Gasteiger partial charge in [-0.15, -0.1) is 10.2 Å². The molecule has 3 aromatic carbocycles. The molecule has 0 aliphatic carbocycles. The molecule has 0 bridgehead atoms. The van der Waals surface area contributed by atoms with Crippen LogP contribution in [0.3, 0.4) is 0 Å². The Balaban J connectivity index is 0.000000376. The zero-order valence-corrected chi connectivity index (χ0v) is 16.3. The standard InChI is InChI=1S/C21H17S.ClHO4/c1-14-8-10-19-17(12-14)21(16-6-4-3-5-7-16)18-13-15(2)9-11-20(18)22-19;2-1(3,4)5/h3-13H,1-2H3;(H,2,3,4,5)/q+1;/p-1. The summed E-state index contributed by atoms with van der Waals surface area (Å²) in [7, 11) is -4.94. The van der Waals surface area contributed by atoms with E-state index < -0.39 is 10.2 Å². The van der Waals surface area contributed by atoms with E-state index in [0.717, 1.165) is 0 Å². The molecule has 138 valence electrons. The molecular formula is C21H17ClO4S. The van der Waals surface area contributed by atoms with Gasteiger partial charge < -0.3 is 0 Å². The molecule has 4 nitrogen and oxygen atoms in total. The molecule has 4 aromatic rings. The molecule has 4 rings (SSSR count). The lowest BCUT2D eigenvalue weighted by molar-refractivity contribution is -2.00. The van der Waals surface area contributed by atoms with E-state index in [2.05, 4.69) is 80.6 Å². The normalized spacial score (nSPS) is 11.3. The van der Waals surface area contributed by atoms with E-state index >= 15 is 0 Å². The van der Waals surface area contributed by atoms with Gasteiger partial charge in [0.15, 0.2) is 0 Å². The summed E-state index contributed by atoms with van der Waals surface area (Å²) in [4.78, 5) is 0. The summed E-state index contributed by atoms with van der Waals surface area (Å²) in [5.74, 6) is 0. The number of halogens is 1. The van der Waals surface area contributed by atoms with Crippen molar-refractivity contribution in [3.8, 4) is 11.1 Å². The molecule has 0 radical (unpaired) electrons. The second-order valence-corrected chi connectivity index (χ2v) is 8.06. The molecule has 0 spiro atoms. The number of benzene rings is 3. The third kappa shape index (κ3) is 4.99. The monoisotopic (exact) mass is 400 g/mol. The molecular weight excluding hydrogens is 384 g/mol. The average molecular weight is 401 g/mol. The molecule has 0 N–H and O–H groups in total. The van der Waals surface area contributed by atoms with Gasteiger partial charge in [-0.05, 0) is 31.5 Å². The molecule has 1 heterocycles. The van der Waals surface area contributed by atoms with Crippen LogP contribution in [-0.2, 0) is 0 Å². The molecule has 1 aromatic heterocycles. The van der Waals surface area contributed by atoms with E-state index in [1.807, 2.05) is 11.3 Å². The maximum atomic E-state index is 8.49. The van der Waals surface area contributed by atoms with Crippen LogP contribution in [-0.4, -0.2) is 0 Å². The van der Waals surface area contributed by atoms with Crippen molar-refractivity contribution < 1.29 is 28.9 Å². The Morgan fingerprint density at radius 1 is 0.667 bits per heavy atom. The van der Waals surface area contributed by atoms with Crippen molar-refractivity contribution in [2.24, 2.45) is 0 Å². The number of rotatable bonds is 1. The fraction of sp³-hybridized carbons (Fsp3) is 0.0952. The molecule has 0 fully saturated rings. The third-order valence-electron chi connectivity index (χ3n) is 4.09. The predicted molar refractivity (Wildman–Crippen MR) is 98.6 cm³/mol. The Morgan fingerprint density at radius 2 is 1.11 bits per heavy atom. The molecule has 27 heavy (non-hydrogen) atoms. The van der Waals surface area contributed by atoms with Crippen LogP contribution in [0.4, 0.5) is 0 Å². The van der Waals surface area contributed by atoms with Crippen LogP contribution in [0.5, 0.6) is 0 Å². The Kier molecular flexibility index (Phi) is 5.72. The van der Waals surface area contributed by atoms with Crippen molar-refractivity contribution >= 4 is 31.5 Å². The molecule has 0 unspecified atom stereocenters. The lowest BCUT2D eigenvalue weighted by atomic mass is 9.97. The SMILES string of the molecule is Cc1ccc2[s+]c3ccc(C)cc3c(-c3ccccc3)c2c1.[O-][Cl+3]([O-])([O-])[O-]. The highest BCUT2D eigenvalue weighted by molar-refractivity contribution is 7.24. The Hall–Kier alpha value is -2.12. The summed E-state index contributed by atoms with van der Waals surface area (Å²) in [5.41, 5.74) is 5.27. The van der Waals surface area contributed by atoms with Crippen LogP contribution in [0, 0.1) is 24.1 Å². The van der Waals surface area contributed by atoms with Gasteiger partial charge in [0, 0.05) is 28.5 Å². The van der Waals surface area contributed by atoms with Crippen LogP contribution >= 0.6 is 11.3 Å². The first-order valence-electron chi connectivity index (χ1n) is 8.16. The van der Waals surface area contributed by atoms with Gasteiger partial charge in [-0.25, -0.2) is 18.6 Å². The zero-order valence-electron chi connectivity index (χ0n) is 14.8. The fourth-order valence-corrected chi connectivity index (χ4v) is 4.09. The van der Waals surface area contributed by atoms with Gasteiger partial charge in [0.05, 0.1) is 0 Å². The van der Waals surface area contributed by atoms with E-state index in [1.54, 1.807) is 0 Å². The largest absolute Gasteiger partial charge is 0.239 e. The average Bonchev–Trinajstić information content (AvgIpc) is 2.59. The number of hydrogen-bond acceptors (Lipinski definition) is 4. The predicted octanol–water partition coefficient (Wildman–Crippen LogP) is 1.86. The van der Waals surface area contributed by atoms with Crippen LogP contribution in [0.25, 0.3) is 31.3 Å². The molecule has 0 amide bonds. The molecule has 0 aliphatic rings. The van der Waals surface area contributed by atoms with Crippen molar-refractivity contribution in [3.05, 3.63) is 77.9 Å². The van der Waals surface area contributed by atoms with Crippen molar-refractivity contribution in [2.75, 3.05) is 0 Å². The van der Waals surface area contributed by atoms with Crippen LogP contribution in [0.1, 0.15) is 11.1 Å². The van der Waals surface area contributed by atoms with E-state index in [9.17, 15) is 0 Å². The van der Waals surface area contributed by atoms with Crippen molar-refractivity contribution in [1.29, 1.82) is 0 Å². The Morgan fingerprint density at radius 3 is 1.56 bits per heavy atom. The summed E-state index contributed by atoms with van der Waals surface area (Å²) in [6, 6.07) is 24.3. The van der Waals surface area contributed by atoms with Crippen LogP contribution in [0.15, 0.2) is 66.7 Å². The molecule has 0 saturated heterocycles. The van der Waals surface area contributed by atoms with E-state index in [1.165, 1.54) is 42.4 Å². The van der Waals surface area contributed by atoms with Gasteiger partial charge >= 0.3 is 0 Å². The maximum absolute atomic E-state index is 8.49. The number of fused-ring (bicyclic) bond motifs is 2. The minimum absolute atomic E-state index is 1.29. The van der Waals surface area contributed by atoms with Gasteiger partial charge in [0.25, 0.3) is 0 Å². The molecule has 0 atom stereocenters. The zero-order chi connectivity index (χ0) is 19.6. The van der Waals surface area contributed by atoms with Crippen LogP contribution < -0.4 is 18.6 Å². The maximum Gasteiger partial charge on any atom is 0.239 e. The lowest BCUT2D eigenvalue weighted by Crippen LogP contribution is -2.68. The first-order valence-corrected chi connectivity index (χ1v) is 10.2. The third-order valence-corrected chi connectivity index (χ3v) is 5.24. The van der Waals surface area contributed by atoms with Gasteiger partial charge in [0.2, 0.25) is 20.7 Å². The van der Waals surface area contributed by atoms with Gasteiger partial charge in [-0.3, -0.25) is 0 Å². The van der Waals surface area contributed by atoms with E-state index in [0.29, 0.717) is 0 Å².